The van der Waals surface area contributed by atoms with Crippen LogP contribution in [0.4, 0.5) is 0 Å². The number of hydrogen-bond donors (Lipinski definition) is 8. The number of aliphatic carboxylic acids is 1. The fourth-order valence-electron chi connectivity index (χ4n) is 4.93. The highest BCUT2D eigenvalue weighted by Crippen LogP contribution is 2.32. The van der Waals surface area contributed by atoms with E-state index in [0.717, 1.165) is 10.6 Å². The van der Waals surface area contributed by atoms with Crippen LogP contribution in [0.3, 0.4) is 0 Å². The molecule has 2 aliphatic heterocycles. The van der Waals surface area contributed by atoms with Gasteiger partial charge in [0.25, 0.3) is 5.91 Å². The normalized spacial score (nSPS) is 18.8. The Morgan fingerprint density at radius 3 is 2.61 bits per heavy atom. The number of hydrazine groups is 1. The SMILES string of the molecule is Cc1ccc(C2=C[C@@H](C(=O)N[C@@H](CO)C(=O)N[C@H](CCCN(O)C=O)C(=O)N3NCCC[C@@H]3C(=O)NCCC(=O)O)CO2)c(O)c1. The van der Waals surface area contributed by atoms with E-state index < -0.39 is 60.2 Å². The molecule has 3 rings (SSSR count). The zero-order chi connectivity index (χ0) is 33.8. The van der Waals surface area contributed by atoms with E-state index in [0.29, 0.717) is 23.6 Å². The number of nitrogens with one attached hydrogen (secondary N) is 4. The third-order valence-electron chi connectivity index (χ3n) is 7.38. The topological polar surface area (TPSA) is 247 Å². The molecule has 2 heterocycles. The molecule has 0 saturated carbocycles. The van der Waals surface area contributed by atoms with Gasteiger partial charge in [0.15, 0.2) is 0 Å². The van der Waals surface area contributed by atoms with E-state index in [1.807, 2.05) is 0 Å². The second-order valence-electron chi connectivity index (χ2n) is 10.9. The highest BCUT2D eigenvalue weighted by Gasteiger charge is 2.37. The molecular weight excluding hydrogens is 608 g/mol. The minimum Gasteiger partial charge on any atom is -0.507 e. The minimum atomic E-state index is -1.48. The lowest BCUT2D eigenvalue weighted by Crippen LogP contribution is -2.64. The Balaban J connectivity index is 1.71. The van der Waals surface area contributed by atoms with Crippen molar-refractivity contribution in [2.75, 3.05) is 32.8 Å². The number of aliphatic hydroxyl groups is 1. The number of phenols is 1. The monoisotopic (exact) mass is 648 g/mol. The molecule has 5 amide bonds. The molecule has 0 aliphatic carbocycles. The molecule has 2 aliphatic rings. The number of carboxylic acids is 1. The number of aromatic hydroxyl groups is 1. The van der Waals surface area contributed by atoms with E-state index in [2.05, 4.69) is 21.4 Å². The summed E-state index contributed by atoms with van der Waals surface area (Å²) in [5.41, 5.74) is 4.04. The van der Waals surface area contributed by atoms with E-state index in [1.54, 1.807) is 25.1 Å². The molecule has 8 N–H and O–H groups in total. The molecule has 1 aromatic rings. The van der Waals surface area contributed by atoms with Gasteiger partial charge in [0, 0.05) is 19.6 Å². The van der Waals surface area contributed by atoms with Crippen molar-refractivity contribution in [1.82, 2.24) is 31.4 Å². The quantitative estimate of drug-likeness (QED) is 0.0572. The van der Waals surface area contributed by atoms with E-state index in [-0.39, 0.29) is 63.3 Å². The first-order chi connectivity index (χ1) is 21.9. The molecule has 0 bridgehead atoms. The smallest absolute Gasteiger partial charge is 0.305 e. The van der Waals surface area contributed by atoms with E-state index >= 15 is 0 Å². The van der Waals surface area contributed by atoms with Gasteiger partial charge in [-0.05, 0) is 56.4 Å². The van der Waals surface area contributed by atoms with Crippen LogP contribution in [0.15, 0.2) is 24.3 Å². The minimum absolute atomic E-state index is 0.0312. The van der Waals surface area contributed by atoms with Crippen LogP contribution in [0.2, 0.25) is 0 Å². The van der Waals surface area contributed by atoms with Crippen molar-refractivity contribution in [2.45, 2.75) is 57.2 Å². The predicted molar refractivity (Wildman–Crippen MR) is 158 cm³/mol. The third-order valence-corrected chi connectivity index (χ3v) is 7.38. The molecule has 0 spiro atoms. The standard InChI is InChI=1S/C29H40N6O11/c1-17-6-7-19(23(38)12-17)24-13-18(15-46-24)26(41)33-21(14-36)27(42)32-20(4-3-11-34(45)16-37)29(44)35-22(5-2-9-31-35)28(43)30-10-8-25(39)40/h6-7,12-13,16,18,20-22,31,36,38,45H,2-5,8-11,14-15H2,1H3,(H,30,43)(H,32,42)(H,33,41)(H,39,40)/t18-,20-,21+,22-/m1/s1. The van der Waals surface area contributed by atoms with Crippen LogP contribution in [0.25, 0.3) is 5.76 Å². The molecule has 46 heavy (non-hydrogen) atoms. The summed E-state index contributed by atoms with van der Waals surface area (Å²) in [4.78, 5) is 74.4. The second kappa shape index (κ2) is 17.1. The number of nitrogens with zero attached hydrogens (tertiary/aromatic N) is 2. The average molecular weight is 649 g/mol. The third kappa shape index (κ3) is 9.88. The average Bonchev–Trinajstić information content (AvgIpc) is 3.52. The fraction of sp³-hybridized carbons (Fsp3) is 0.517. The van der Waals surface area contributed by atoms with Crippen molar-refractivity contribution in [2.24, 2.45) is 5.92 Å². The molecule has 1 aromatic carbocycles. The Kier molecular flexibility index (Phi) is 13.3. The van der Waals surface area contributed by atoms with Gasteiger partial charge < -0.3 is 36.0 Å². The number of carboxylic acid groups (broad SMARTS) is 1. The molecule has 0 radical (unpaired) electrons. The summed E-state index contributed by atoms with van der Waals surface area (Å²) in [5, 5.41) is 47.4. The van der Waals surface area contributed by atoms with Crippen LogP contribution in [-0.2, 0) is 33.5 Å². The second-order valence-corrected chi connectivity index (χ2v) is 10.9. The molecule has 0 aromatic heterocycles. The summed E-state index contributed by atoms with van der Waals surface area (Å²) < 4.78 is 5.58. The van der Waals surface area contributed by atoms with Crippen molar-refractivity contribution in [1.29, 1.82) is 0 Å². The highest BCUT2D eigenvalue weighted by atomic mass is 16.5. The molecule has 1 fully saturated rings. The van der Waals surface area contributed by atoms with E-state index in [9.17, 15) is 44.2 Å². The molecule has 1 saturated heterocycles. The number of ether oxygens (including phenoxy) is 1. The summed E-state index contributed by atoms with van der Waals surface area (Å²) in [5.74, 6) is -4.63. The number of carbonyl (C=O) groups is 6. The maximum Gasteiger partial charge on any atom is 0.305 e. The number of carbonyl (C=O) groups excluding carboxylic acids is 5. The van der Waals surface area contributed by atoms with Gasteiger partial charge in [0.05, 0.1) is 24.5 Å². The van der Waals surface area contributed by atoms with Crippen LogP contribution in [0, 0.1) is 12.8 Å². The lowest BCUT2D eigenvalue weighted by Gasteiger charge is -2.37. The number of phenolic OH excluding ortho intramolecular Hbond substituents is 1. The molecule has 17 heteroatoms. The highest BCUT2D eigenvalue weighted by molar-refractivity contribution is 5.95. The molecule has 0 unspecified atom stereocenters. The summed E-state index contributed by atoms with van der Waals surface area (Å²) in [6.45, 7) is 0.890. The van der Waals surface area contributed by atoms with Crippen molar-refractivity contribution in [3.05, 3.63) is 35.4 Å². The Bertz CT molecular complexity index is 1320. The van der Waals surface area contributed by atoms with Gasteiger partial charge in [-0.3, -0.25) is 39.0 Å². The van der Waals surface area contributed by atoms with Gasteiger partial charge in [0.1, 0.15) is 36.2 Å². The van der Waals surface area contributed by atoms with Crippen LogP contribution >= 0.6 is 0 Å². The number of aliphatic hydroxyl groups excluding tert-OH is 1. The Morgan fingerprint density at radius 1 is 1.17 bits per heavy atom. The van der Waals surface area contributed by atoms with Gasteiger partial charge in [-0.2, -0.15) is 0 Å². The number of amides is 5. The number of rotatable bonds is 16. The number of hydroxylamine groups is 2. The van der Waals surface area contributed by atoms with Gasteiger partial charge in [-0.1, -0.05) is 6.07 Å². The zero-order valence-corrected chi connectivity index (χ0v) is 25.3. The maximum atomic E-state index is 13.7. The largest absolute Gasteiger partial charge is 0.507 e. The number of aryl methyl sites for hydroxylation is 1. The fourth-order valence-corrected chi connectivity index (χ4v) is 4.93. The van der Waals surface area contributed by atoms with E-state index in [4.69, 9.17) is 9.84 Å². The van der Waals surface area contributed by atoms with Crippen LogP contribution in [0.5, 0.6) is 5.75 Å². The molecule has 252 valence electrons. The van der Waals surface area contributed by atoms with Gasteiger partial charge in [0.2, 0.25) is 24.1 Å². The zero-order valence-electron chi connectivity index (χ0n) is 25.3. The lowest BCUT2D eigenvalue weighted by atomic mass is 10.0. The first kappa shape index (κ1) is 35.7. The molecular formula is C29H40N6O11. The van der Waals surface area contributed by atoms with Crippen molar-refractivity contribution >= 4 is 41.8 Å². The lowest BCUT2D eigenvalue weighted by molar-refractivity contribution is -0.151. The molecule has 4 atom stereocenters. The van der Waals surface area contributed by atoms with Gasteiger partial charge >= 0.3 is 5.97 Å². The summed E-state index contributed by atoms with van der Waals surface area (Å²) in [6.07, 6.45) is 2.06. The maximum absolute atomic E-state index is 13.7. The number of benzene rings is 1. The Hall–Kier alpha value is -4.74. The predicted octanol–water partition coefficient (Wildman–Crippen LogP) is -1.64. The summed E-state index contributed by atoms with van der Waals surface area (Å²) >= 11 is 0. The summed E-state index contributed by atoms with van der Waals surface area (Å²) in [7, 11) is 0. The first-order valence-electron chi connectivity index (χ1n) is 14.8. The van der Waals surface area contributed by atoms with Crippen molar-refractivity contribution < 1.29 is 54.0 Å². The Labute approximate surface area is 264 Å². The Morgan fingerprint density at radius 2 is 1.93 bits per heavy atom. The van der Waals surface area contributed by atoms with Crippen LogP contribution < -0.4 is 21.4 Å². The van der Waals surface area contributed by atoms with E-state index in [1.165, 1.54) is 6.08 Å². The first-order valence-corrected chi connectivity index (χ1v) is 14.8. The van der Waals surface area contributed by atoms with Crippen molar-refractivity contribution in [3.8, 4) is 5.75 Å². The van der Waals surface area contributed by atoms with Gasteiger partial charge in [-0.15, -0.1) is 0 Å². The van der Waals surface area contributed by atoms with Crippen LogP contribution in [-0.4, -0.2) is 118 Å². The van der Waals surface area contributed by atoms with Gasteiger partial charge in [-0.25, -0.2) is 10.5 Å². The van der Waals surface area contributed by atoms with Crippen LogP contribution in [0.1, 0.15) is 43.2 Å². The number of hydrogen-bond acceptors (Lipinski definition) is 11. The van der Waals surface area contributed by atoms with Crippen molar-refractivity contribution in [3.63, 3.8) is 0 Å². The summed E-state index contributed by atoms with van der Waals surface area (Å²) in [6, 6.07) is 1.13. The molecule has 17 nitrogen and oxygen atoms in total.